The molecule has 2 rings (SSSR count). The normalized spacial score (nSPS) is 12.9. The summed E-state index contributed by atoms with van der Waals surface area (Å²) < 4.78 is 16.4. The molecule has 2 aromatic heterocycles. The van der Waals surface area contributed by atoms with Crippen LogP contribution in [0.2, 0.25) is 0 Å². The average molecular weight is 249 g/mol. The van der Waals surface area contributed by atoms with Crippen molar-refractivity contribution in [2.45, 2.75) is 26.5 Å². The molecule has 4 heteroatoms. The van der Waals surface area contributed by atoms with Crippen LogP contribution >= 0.6 is 0 Å². The van der Waals surface area contributed by atoms with Gasteiger partial charge in [-0.25, -0.2) is 0 Å². The van der Waals surface area contributed by atoms with Crippen molar-refractivity contribution < 1.29 is 13.6 Å². The Morgan fingerprint density at radius 2 is 2.06 bits per heavy atom. The number of rotatable bonds is 5. The van der Waals surface area contributed by atoms with Gasteiger partial charge in [0.15, 0.2) is 0 Å². The predicted molar refractivity (Wildman–Crippen MR) is 68.5 cm³/mol. The second-order valence-electron chi connectivity index (χ2n) is 4.33. The Bertz CT molecular complexity index is 513. The van der Waals surface area contributed by atoms with Crippen LogP contribution in [0.25, 0.3) is 0 Å². The van der Waals surface area contributed by atoms with Crippen molar-refractivity contribution in [1.82, 2.24) is 5.32 Å². The monoisotopic (exact) mass is 249 g/mol. The summed E-state index contributed by atoms with van der Waals surface area (Å²) in [5, 5.41) is 3.25. The molecule has 0 fully saturated rings. The molecule has 1 unspecified atom stereocenters. The van der Waals surface area contributed by atoms with Crippen molar-refractivity contribution in [2.75, 3.05) is 14.2 Å². The molecule has 2 heterocycles. The minimum absolute atomic E-state index is 0.00746. The number of methoxy groups -OCH3 is 1. The van der Waals surface area contributed by atoms with E-state index >= 15 is 0 Å². The lowest BCUT2D eigenvalue weighted by Gasteiger charge is -2.12. The lowest BCUT2D eigenvalue weighted by Crippen LogP contribution is -2.17. The Kier molecular flexibility index (Phi) is 3.89. The van der Waals surface area contributed by atoms with Crippen molar-refractivity contribution in [3.63, 3.8) is 0 Å². The fraction of sp³-hybridized carbons (Fsp3) is 0.429. The first kappa shape index (κ1) is 12.9. The van der Waals surface area contributed by atoms with Gasteiger partial charge in [0.05, 0.1) is 6.04 Å². The summed E-state index contributed by atoms with van der Waals surface area (Å²) in [5.41, 5.74) is 1.10. The topological polar surface area (TPSA) is 47.5 Å². The van der Waals surface area contributed by atoms with E-state index in [0.29, 0.717) is 6.61 Å². The van der Waals surface area contributed by atoms with Gasteiger partial charge in [-0.05, 0) is 39.1 Å². The van der Waals surface area contributed by atoms with Crippen LogP contribution in [-0.2, 0) is 11.3 Å². The van der Waals surface area contributed by atoms with Crippen molar-refractivity contribution in [3.05, 3.63) is 46.8 Å². The molecule has 0 aromatic carbocycles. The van der Waals surface area contributed by atoms with Gasteiger partial charge < -0.3 is 18.9 Å². The van der Waals surface area contributed by atoms with Gasteiger partial charge in [-0.1, -0.05) is 0 Å². The van der Waals surface area contributed by atoms with Gasteiger partial charge in [0.2, 0.25) is 0 Å². The van der Waals surface area contributed by atoms with E-state index in [2.05, 4.69) is 5.32 Å². The first-order valence-electron chi connectivity index (χ1n) is 5.97. The summed E-state index contributed by atoms with van der Waals surface area (Å²) >= 11 is 0. The van der Waals surface area contributed by atoms with Crippen molar-refractivity contribution in [1.29, 1.82) is 0 Å². The molecule has 0 radical (unpaired) electrons. The summed E-state index contributed by atoms with van der Waals surface area (Å²) in [6, 6.07) is 5.95. The molecule has 0 spiro atoms. The van der Waals surface area contributed by atoms with Gasteiger partial charge in [0, 0.05) is 12.7 Å². The van der Waals surface area contributed by atoms with Crippen LogP contribution in [0.3, 0.4) is 0 Å². The fourth-order valence-corrected chi connectivity index (χ4v) is 2.16. The van der Waals surface area contributed by atoms with Crippen molar-refractivity contribution in [3.8, 4) is 0 Å². The zero-order valence-corrected chi connectivity index (χ0v) is 11.2. The van der Waals surface area contributed by atoms with E-state index in [1.807, 2.05) is 39.1 Å². The molecule has 0 saturated carbocycles. The van der Waals surface area contributed by atoms with E-state index in [4.69, 9.17) is 13.6 Å². The van der Waals surface area contributed by atoms with E-state index in [1.165, 1.54) is 0 Å². The Morgan fingerprint density at radius 3 is 2.61 bits per heavy atom. The van der Waals surface area contributed by atoms with Crippen LogP contribution < -0.4 is 5.32 Å². The lowest BCUT2D eigenvalue weighted by atomic mass is 10.1. The fourth-order valence-electron chi connectivity index (χ4n) is 2.16. The van der Waals surface area contributed by atoms with Crippen molar-refractivity contribution in [2.24, 2.45) is 0 Å². The number of hydrogen-bond acceptors (Lipinski definition) is 4. The first-order valence-corrected chi connectivity index (χ1v) is 5.97. The van der Waals surface area contributed by atoms with Crippen molar-refractivity contribution >= 4 is 0 Å². The van der Waals surface area contributed by atoms with E-state index in [1.54, 1.807) is 7.11 Å². The average Bonchev–Trinajstić information content (AvgIpc) is 2.89. The van der Waals surface area contributed by atoms with Crippen LogP contribution in [0.5, 0.6) is 0 Å². The highest BCUT2D eigenvalue weighted by atomic mass is 16.5. The molecule has 0 saturated heterocycles. The summed E-state index contributed by atoms with van der Waals surface area (Å²) in [6.45, 7) is 4.40. The number of aryl methyl sites for hydroxylation is 2. The zero-order chi connectivity index (χ0) is 13.1. The second-order valence-corrected chi connectivity index (χ2v) is 4.33. The zero-order valence-electron chi connectivity index (χ0n) is 11.2. The standard InChI is InChI=1S/C14H19NO3/c1-9-7-12(10(2)17-9)14(15-3)13-6-5-11(18-13)8-16-4/h5-7,14-15H,8H2,1-4H3. The van der Waals surface area contributed by atoms with Gasteiger partial charge in [-0.2, -0.15) is 0 Å². The number of hydrogen-bond donors (Lipinski definition) is 1. The summed E-state index contributed by atoms with van der Waals surface area (Å²) in [5.74, 6) is 3.52. The molecule has 0 aliphatic carbocycles. The third-order valence-electron chi connectivity index (χ3n) is 2.93. The van der Waals surface area contributed by atoms with E-state index in [9.17, 15) is 0 Å². The molecule has 2 aromatic rings. The third-order valence-corrected chi connectivity index (χ3v) is 2.93. The van der Waals surface area contributed by atoms with E-state index in [-0.39, 0.29) is 6.04 Å². The molecule has 1 atom stereocenters. The molecule has 98 valence electrons. The highest BCUT2D eigenvalue weighted by Crippen LogP contribution is 2.28. The largest absolute Gasteiger partial charge is 0.466 e. The Hall–Kier alpha value is -1.52. The Balaban J connectivity index is 2.29. The van der Waals surface area contributed by atoms with Crippen LogP contribution in [0.4, 0.5) is 0 Å². The Morgan fingerprint density at radius 1 is 1.28 bits per heavy atom. The summed E-state index contributed by atoms with van der Waals surface area (Å²) in [7, 11) is 3.56. The minimum Gasteiger partial charge on any atom is -0.466 e. The highest BCUT2D eigenvalue weighted by molar-refractivity contribution is 5.30. The molecule has 18 heavy (non-hydrogen) atoms. The summed E-state index contributed by atoms with van der Waals surface area (Å²) in [4.78, 5) is 0. The van der Waals surface area contributed by atoms with Gasteiger partial charge >= 0.3 is 0 Å². The summed E-state index contributed by atoms with van der Waals surface area (Å²) in [6.07, 6.45) is 0. The maximum Gasteiger partial charge on any atom is 0.129 e. The highest BCUT2D eigenvalue weighted by Gasteiger charge is 2.20. The lowest BCUT2D eigenvalue weighted by molar-refractivity contribution is 0.162. The van der Waals surface area contributed by atoms with Crippen LogP contribution in [0, 0.1) is 13.8 Å². The maximum absolute atomic E-state index is 5.77. The maximum atomic E-state index is 5.77. The smallest absolute Gasteiger partial charge is 0.129 e. The number of nitrogens with one attached hydrogen (secondary N) is 1. The van der Waals surface area contributed by atoms with Crippen LogP contribution in [-0.4, -0.2) is 14.2 Å². The SMILES string of the molecule is CNC(c1ccc(COC)o1)c1cc(C)oc1C. The molecule has 0 aliphatic rings. The number of ether oxygens (including phenoxy) is 1. The van der Waals surface area contributed by atoms with Gasteiger partial charge in [-0.3, -0.25) is 0 Å². The molecule has 4 nitrogen and oxygen atoms in total. The Labute approximate surface area is 107 Å². The number of furan rings is 2. The van der Waals surface area contributed by atoms with E-state index in [0.717, 1.165) is 28.6 Å². The van der Waals surface area contributed by atoms with Crippen LogP contribution in [0.15, 0.2) is 27.0 Å². The molecular weight excluding hydrogens is 230 g/mol. The van der Waals surface area contributed by atoms with Gasteiger partial charge in [0.1, 0.15) is 29.6 Å². The molecule has 0 bridgehead atoms. The quantitative estimate of drug-likeness (QED) is 0.885. The molecule has 1 N–H and O–H groups in total. The first-order chi connectivity index (χ1) is 8.65. The van der Waals surface area contributed by atoms with E-state index < -0.39 is 0 Å². The van der Waals surface area contributed by atoms with Gasteiger partial charge in [-0.15, -0.1) is 0 Å². The molecule has 0 aliphatic heterocycles. The molecular formula is C14H19NO3. The second kappa shape index (κ2) is 5.42. The minimum atomic E-state index is 0.00746. The predicted octanol–water partition coefficient (Wildman–Crippen LogP) is 2.94. The molecule has 0 amide bonds. The van der Waals surface area contributed by atoms with Crippen LogP contribution in [0.1, 0.15) is 34.6 Å². The van der Waals surface area contributed by atoms with Gasteiger partial charge in [0.25, 0.3) is 0 Å². The third kappa shape index (κ3) is 2.49.